The van der Waals surface area contributed by atoms with Gasteiger partial charge in [-0.25, -0.2) is 13.6 Å². The lowest BCUT2D eigenvalue weighted by atomic mass is 10.1. The van der Waals surface area contributed by atoms with E-state index >= 15 is 0 Å². The maximum absolute atomic E-state index is 13.7. The number of carbonyl (C=O) groups excluding carboxylic acids is 1. The number of methoxy groups -OCH3 is 1. The monoisotopic (exact) mass is 253 g/mol. The average Bonchev–Trinajstić information content (AvgIpc) is 2.34. The molecule has 1 atom stereocenters. The van der Waals surface area contributed by atoms with E-state index < -0.39 is 23.2 Å². The molecule has 0 fully saturated rings. The van der Waals surface area contributed by atoms with E-state index in [1.807, 2.05) is 0 Å². The van der Waals surface area contributed by atoms with E-state index in [0.717, 1.165) is 13.2 Å². The van der Waals surface area contributed by atoms with Crippen LogP contribution in [0.2, 0.25) is 0 Å². The zero-order valence-electron chi connectivity index (χ0n) is 10.1. The molecule has 1 rings (SSSR count). The van der Waals surface area contributed by atoms with Crippen LogP contribution in [0.3, 0.4) is 0 Å². The number of anilines is 1. The molecular weight excluding hydrogens is 240 g/mol. The molecule has 0 saturated heterocycles. The second-order valence-electron chi connectivity index (χ2n) is 3.73. The van der Waals surface area contributed by atoms with E-state index in [9.17, 15) is 13.6 Å². The van der Waals surface area contributed by atoms with E-state index in [1.165, 1.54) is 6.07 Å². The van der Waals surface area contributed by atoms with Crippen molar-refractivity contribution in [3.63, 3.8) is 0 Å². The van der Waals surface area contributed by atoms with Crippen molar-refractivity contribution in [3.05, 3.63) is 29.3 Å². The van der Waals surface area contributed by atoms with Gasteiger partial charge in [-0.3, -0.25) is 0 Å². The van der Waals surface area contributed by atoms with Crippen LogP contribution in [0.4, 0.5) is 14.5 Å². The summed E-state index contributed by atoms with van der Waals surface area (Å²) in [5.41, 5.74) is -0.479. The Hall–Kier alpha value is -2.09. The molecule has 1 aromatic carbocycles. The van der Waals surface area contributed by atoms with Gasteiger partial charge in [-0.05, 0) is 19.1 Å². The Labute approximate surface area is 104 Å². The highest BCUT2D eigenvalue weighted by atomic mass is 19.2. The second-order valence-corrected chi connectivity index (χ2v) is 3.73. The zero-order chi connectivity index (χ0) is 13.7. The first-order valence-corrected chi connectivity index (χ1v) is 5.27. The van der Waals surface area contributed by atoms with Crippen molar-refractivity contribution in [2.24, 2.45) is 0 Å². The minimum Gasteiger partial charge on any atom is -0.465 e. The van der Waals surface area contributed by atoms with Crippen LogP contribution in [0.5, 0.6) is 0 Å². The van der Waals surface area contributed by atoms with Crippen LogP contribution < -0.4 is 5.32 Å². The Morgan fingerprint density at radius 1 is 1.50 bits per heavy atom. The standard InChI is InChI=1S/C13H13F2NO2/c1-4-5-8(2)16-10-7-6-9(13(17)18-3)11(14)12(10)15/h1,6-8,16H,5H2,2-3H3. The van der Waals surface area contributed by atoms with Crippen molar-refractivity contribution in [2.45, 2.75) is 19.4 Å². The Morgan fingerprint density at radius 2 is 2.17 bits per heavy atom. The summed E-state index contributed by atoms with van der Waals surface area (Å²) in [7, 11) is 1.10. The highest BCUT2D eigenvalue weighted by molar-refractivity contribution is 5.90. The van der Waals surface area contributed by atoms with Gasteiger partial charge in [-0.1, -0.05) is 0 Å². The highest BCUT2D eigenvalue weighted by Crippen LogP contribution is 2.22. The SMILES string of the molecule is C#CCC(C)Nc1ccc(C(=O)OC)c(F)c1F. The third-order valence-electron chi connectivity index (χ3n) is 2.31. The molecule has 96 valence electrons. The van der Waals surface area contributed by atoms with Gasteiger partial charge in [-0.15, -0.1) is 12.3 Å². The molecule has 0 radical (unpaired) electrons. The fourth-order valence-electron chi connectivity index (χ4n) is 1.42. The summed E-state index contributed by atoms with van der Waals surface area (Å²) in [6.45, 7) is 1.74. The van der Waals surface area contributed by atoms with Gasteiger partial charge in [0.25, 0.3) is 0 Å². The Balaban J connectivity index is 3.02. The molecule has 0 aliphatic rings. The first-order valence-electron chi connectivity index (χ1n) is 5.27. The Bertz CT molecular complexity index is 494. The number of nitrogens with one attached hydrogen (secondary N) is 1. The number of carbonyl (C=O) groups is 1. The summed E-state index contributed by atoms with van der Waals surface area (Å²) in [6.07, 6.45) is 5.49. The normalized spacial score (nSPS) is 11.5. The minimum absolute atomic E-state index is 0.0390. The maximum Gasteiger partial charge on any atom is 0.340 e. The van der Waals surface area contributed by atoms with Crippen LogP contribution in [-0.2, 0) is 4.74 Å². The molecule has 0 heterocycles. The van der Waals surface area contributed by atoms with Crippen molar-refractivity contribution in [3.8, 4) is 12.3 Å². The lowest BCUT2D eigenvalue weighted by Gasteiger charge is -2.14. The number of ether oxygens (including phenoxy) is 1. The molecule has 0 aliphatic carbocycles. The van der Waals surface area contributed by atoms with Crippen molar-refractivity contribution in [1.82, 2.24) is 0 Å². The van der Waals surface area contributed by atoms with E-state index in [4.69, 9.17) is 6.42 Å². The summed E-state index contributed by atoms with van der Waals surface area (Å²) in [5, 5.41) is 2.73. The lowest BCUT2D eigenvalue weighted by molar-refractivity contribution is 0.0594. The summed E-state index contributed by atoms with van der Waals surface area (Å²) in [4.78, 5) is 11.1. The van der Waals surface area contributed by atoms with E-state index in [-0.39, 0.29) is 11.7 Å². The van der Waals surface area contributed by atoms with Gasteiger partial charge >= 0.3 is 5.97 Å². The van der Waals surface area contributed by atoms with Gasteiger partial charge in [-0.2, -0.15) is 0 Å². The number of halogens is 2. The topological polar surface area (TPSA) is 38.3 Å². The molecule has 1 N–H and O–H groups in total. The molecule has 0 amide bonds. The number of terminal acetylenes is 1. The van der Waals surface area contributed by atoms with Crippen LogP contribution in [0.15, 0.2) is 12.1 Å². The first-order chi connectivity index (χ1) is 8.51. The summed E-state index contributed by atoms with van der Waals surface area (Å²) < 4.78 is 31.6. The van der Waals surface area contributed by atoms with Crippen LogP contribution in [0, 0.1) is 24.0 Å². The van der Waals surface area contributed by atoms with Gasteiger partial charge in [0.2, 0.25) is 0 Å². The van der Waals surface area contributed by atoms with Gasteiger partial charge in [0, 0.05) is 12.5 Å². The van der Waals surface area contributed by atoms with Crippen LogP contribution in [0.25, 0.3) is 0 Å². The second kappa shape index (κ2) is 6.01. The fraction of sp³-hybridized carbons (Fsp3) is 0.308. The van der Waals surface area contributed by atoms with Crippen molar-refractivity contribution >= 4 is 11.7 Å². The summed E-state index contributed by atoms with van der Waals surface area (Å²) in [5.74, 6) is -0.874. The third kappa shape index (κ3) is 2.98. The lowest BCUT2D eigenvalue weighted by Crippen LogP contribution is -2.16. The molecule has 0 spiro atoms. The smallest absolute Gasteiger partial charge is 0.340 e. The number of esters is 1. The highest BCUT2D eigenvalue weighted by Gasteiger charge is 2.19. The predicted molar refractivity (Wildman–Crippen MR) is 64.2 cm³/mol. The quantitative estimate of drug-likeness (QED) is 0.662. The number of hydrogen-bond donors (Lipinski definition) is 1. The summed E-state index contributed by atoms with van der Waals surface area (Å²) in [6, 6.07) is 2.24. The molecule has 0 bridgehead atoms. The van der Waals surface area contributed by atoms with Gasteiger partial charge in [0.1, 0.15) is 0 Å². The minimum atomic E-state index is -1.24. The van der Waals surface area contributed by atoms with E-state index in [0.29, 0.717) is 6.42 Å². The Morgan fingerprint density at radius 3 is 2.72 bits per heavy atom. The molecule has 3 nitrogen and oxygen atoms in total. The van der Waals surface area contributed by atoms with Crippen molar-refractivity contribution in [1.29, 1.82) is 0 Å². The molecular formula is C13H13F2NO2. The largest absolute Gasteiger partial charge is 0.465 e. The maximum atomic E-state index is 13.7. The zero-order valence-corrected chi connectivity index (χ0v) is 10.1. The first kappa shape index (κ1) is 14.0. The molecule has 1 aromatic rings. The summed E-state index contributed by atoms with van der Waals surface area (Å²) >= 11 is 0. The molecule has 18 heavy (non-hydrogen) atoms. The van der Waals surface area contributed by atoms with Gasteiger partial charge in [0.15, 0.2) is 11.6 Å². The number of benzene rings is 1. The van der Waals surface area contributed by atoms with Crippen molar-refractivity contribution in [2.75, 3.05) is 12.4 Å². The van der Waals surface area contributed by atoms with Crippen LogP contribution in [0.1, 0.15) is 23.7 Å². The van der Waals surface area contributed by atoms with Crippen LogP contribution in [-0.4, -0.2) is 19.1 Å². The van der Waals surface area contributed by atoms with E-state index in [1.54, 1.807) is 6.92 Å². The van der Waals surface area contributed by atoms with Gasteiger partial charge in [0.05, 0.1) is 18.4 Å². The van der Waals surface area contributed by atoms with Gasteiger partial charge < -0.3 is 10.1 Å². The van der Waals surface area contributed by atoms with Crippen LogP contribution >= 0.6 is 0 Å². The predicted octanol–water partition coefficient (Wildman–Crippen LogP) is 2.58. The Kier molecular flexibility index (Phi) is 4.67. The third-order valence-corrected chi connectivity index (χ3v) is 2.31. The van der Waals surface area contributed by atoms with E-state index in [2.05, 4.69) is 16.0 Å². The molecule has 5 heteroatoms. The van der Waals surface area contributed by atoms with Crippen molar-refractivity contribution < 1.29 is 18.3 Å². The number of hydrogen-bond acceptors (Lipinski definition) is 3. The molecule has 0 saturated carbocycles. The molecule has 0 aliphatic heterocycles. The molecule has 1 unspecified atom stereocenters. The molecule has 0 aromatic heterocycles. The average molecular weight is 253 g/mol. The fourth-order valence-corrected chi connectivity index (χ4v) is 1.42. The number of rotatable bonds is 4.